The fourth-order valence-electron chi connectivity index (χ4n) is 8.17. The molecule has 7 rings (SSSR count). The second-order valence-corrected chi connectivity index (χ2v) is 16.0. The van der Waals surface area contributed by atoms with Crippen LogP contribution in [0.4, 0.5) is 11.6 Å². The number of fused-ring (bicyclic) bond motifs is 2. The number of methoxy groups -OCH3 is 1. The van der Waals surface area contributed by atoms with E-state index in [1.807, 2.05) is 29.9 Å². The van der Waals surface area contributed by atoms with E-state index >= 15 is 0 Å². The first-order chi connectivity index (χ1) is 30.5. The van der Waals surface area contributed by atoms with Gasteiger partial charge in [-0.15, -0.1) is 10.2 Å². The maximum atomic E-state index is 6.50. The van der Waals surface area contributed by atoms with Crippen molar-refractivity contribution in [3.63, 3.8) is 0 Å². The number of nitrogens with one attached hydrogen (secondary N) is 1. The molecule has 20 heteroatoms. The predicted molar refractivity (Wildman–Crippen MR) is 228 cm³/mol. The highest BCUT2D eigenvalue weighted by Crippen LogP contribution is 2.39. The summed E-state index contributed by atoms with van der Waals surface area (Å²) in [6.45, 7) is 9.89. The highest BCUT2D eigenvalue weighted by molar-refractivity contribution is 6.32. The van der Waals surface area contributed by atoms with Gasteiger partial charge in [0.15, 0.2) is 0 Å². The SMILES string of the molecule is COCCOCCOCCOCCOCCOCCOc1nn([C@H]2CC[C@H](N3[C@@H]4CC[C@H]3COC4)CC2)cc1Nc1ncc(-c2ccc(Cl)c(O[C@@H](C)Cn3cnnn3)c2)cn1. The number of halogens is 1. The summed E-state index contributed by atoms with van der Waals surface area (Å²) in [5.74, 6) is 1.43. The zero-order valence-electron chi connectivity index (χ0n) is 35.9. The third kappa shape index (κ3) is 13.7. The van der Waals surface area contributed by atoms with Gasteiger partial charge in [-0.1, -0.05) is 17.7 Å². The van der Waals surface area contributed by atoms with Crippen LogP contribution in [0.25, 0.3) is 11.1 Å². The van der Waals surface area contributed by atoms with Crippen molar-refractivity contribution in [3.05, 3.63) is 48.1 Å². The van der Waals surface area contributed by atoms with Crippen molar-refractivity contribution in [2.45, 2.75) is 82.3 Å². The van der Waals surface area contributed by atoms with Crippen LogP contribution in [-0.4, -0.2) is 169 Å². The summed E-state index contributed by atoms with van der Waals surface area (Å²) in [7, 11) is 1.65. The Labute approximate surface area is 367 Å². The Morgan fingerprint density at radius 1 is 0.758 bits per heavy atom. The highest BCUT2D eigenvalue weighted by Gasteiger charge is 2.42. The molecule has 0 radical (unpaired) electrons. The van der Waals surface area contributed by atoms with Gasteiger partial charge in [-0.05, 0) is 73.6 Å². The second-order valence-electron chi connectivity index (χ2n) is 15.6. The molecule has 1 aromatic carbocycles. The quantitative estimate of drug-likeness (QED) is 0.0777. The molecule has 3 aromatic heterocycles. The lowest BCUT2D eigenvalue weighted by atomic mass is 9.89. The van der Waals surface area contributed by atoms with Gasteiger partial charge in [0.05, 0.1) is 110 Å². The first-order valence-electron chi connectivity index (χ1n) is 21.7. The number of hydrogen-bond donors (Lipinski definition) is 1. The topological polar surface area (TPSA) is 186 Å². The monoisotopic (exact) mass is 884 g/mol. The van der Waals surface area contributed by atoms with Crippen molar-refractivity contribution in [2.75, 3.05) is 105 Å². The van der Waals surface area contributed by atoms with E-state index in [9.17, 15) is 0 Å². The molecule has 340 valence electrons. The number of anilines is 2. The van der Waals surface area contributed by atoms with Crippen molar-refractivity contribution in [3.8, 4) is 22.8 Å². The molecule has 2 aliphatic heterocycles. The summed E-state index contributed by atoms with van der Waals surface area (Å²) < 4.78 is 54.7. The zero-order chi connectivity index (χ0) is 42.8. The summed E-state index contributed by atoms with van der Waals surface area (Å²) in [6, 6.07) is 7.59. The minimum absolute atomic E-state index is 0.224. The number of nitrogens with zero attached hydrogens (tertiary/aromatic N) is 9. The van der Waals surface area contributed by atoms with Crippen LogP contribution in [-0.2, 0) is 39.7 Å². The standard InChI is InChI=1S/C42H61ClN10O9/c1-31(26-51-30-46-49-50-51)62-40-23-32(3-10-38(40)43)33-24-44-42(45-25-33)47-39-27-52(34-4-6-35(7-5-34)53-36-8-9-37(53)29-60-28-36)48-41(39)61-22-21-59-20-19-58-18-17-57-16-15-56-14-13-55-12-11-54-2/h3,10,23-25,27,30-31,34-37H,4-9,11-22,26,28-29H2,1-2H3,(H,44,45,47)/t31-,34-,35-,36-,37+/m0/s1. The average Bonchev–Trinajstić information content (AvgIpc) is 4.01. The number of ether oxygens (including phenoxy) is 9. The van der Waals surface area contributed by atoms with Crippen molar-refractivity contribution >= 4 is 23.2 Å². The van der Waals surface area contributed by atoms with Crippen LogP contribution in [0.1, 0.15) is 51.5 Å². The molecule has 1 saturated carbocycles. The molecule has 62 heavy (non-hydrogen) atoms. The Bertz CT molecular complexity index is 1850. The summed E-state index contributed by atoms with van der Waals surface area (Å²) in [6.07, 6.45) is 13.7. The average molecular weight is 885 g/mol. The summed E-state index contributed by atoms with van der Waals surface area (Å²) in [5.41, 5.74) is 2.35. The van der Waals surface area contributed by atoms with Crippen LogP contribution < -0.4 is 14.8 Å². The molecule has 5 heterocycles. The fraction of sp³-hybridized carbons (Fsp3) is 0.667. The molecule has 3 aliphatic rings. The number of tetrazole rings is 1. The van der Waals surface area contributed by atoms with Crippen LogP contribution in [0.5, 0.6) is 11.6 Å². The maximum absolute atomic E-state index is 6.50. The van der Waals surface area contributed by atoms with Crippen molar-refractivity contribution in [1.82, 2.24) is 44.9 Å². The third-order valence-electron chi connectivity index (χ3n) is 11.2. The van der Waals surface area contributed by atoms with Gasteiger partial charge >= 0.3 is 0 Å². The zero-order valence-corrected chi connectivity index (χ0v) is 36.6. The molecular formula is C42H61ClN10O9. The number of aromatic nitrogens is 8. The number of benzene rings is 1. The van der Waals surface area contributed by atoms with E-state index in [0.29, 0.717) is 132 Å². The van der Waals surface area contributed by atoms with Crippen LogP contribution in [0.15, 0.2) is 43.1 Å². The van der Waals surface area contributed by atoms with Crippen LogP contribution in [0, 0.1) is 0 Å². The normalized spacial score (nSPS) is 20.7. The van der Waals surface area contributed by atoms with Crippen molar-refractivity contribution in [1.29, 1.82) is 0 Å². The number of morpholine rings is 1. The molecule has 0 amide bonds. The predicted octanol–water partition coefficient (Wildman–Crippen LogP) is 4.65. The van der Waals surface area contributed by atoms with Gasteiger partial charge in [-0.3, -0.25) is 9.58 Å². The van der Waals surface area contributed by atoms with E-state index in [-0.39, 0.29) is 12.1 Å². The van der Waals surface area contributed by atoms with E-state index in [0.717, 1.165) is 50.0 Å². The van der Waals surface area contributed by atoms with Gasteiger partial charge in [-0.25, -0.2) is 14.6 Å². The lowest BCUT2D eigenvalue weighted by Gasteiger charge is -2.43. The van der Waals surface area contributed by atoms with Gasteiger partial charge in [0.2, 0.25) is 5.95 Å². The molecule has 4 aromatic rings. The number of hydrogen-bond acceptors (Lipinski definition) is 17. The van der Waals surface area contributed by atoms with Crippen LogP contribution >= 0.6 is 11.6 Å². The Balaban J connectivity index is 0.882. The van der Waals surface area contributed by atoms with E-state index in [1.54, 1.807) is 36.6 Å². The van der Waals surface area contributed by atoms with Crippen molar-refractivity contribution < 1.29 is 42.6 Å². The van der Waals surface area contributed by atoms with E-state index in [4.69, 9.17) is 59.3 Å². The minimum Gasteiger partial charge on any atom is -0.487 e. The molecule has 0 spiro atoms. The molecule has 3 fully saturated rings. The molecular weight excluding hydrogens is 824 g/mol. The largest absolute Gasteiger partial charge is 0.487 e. The molecule has 0 unspecified atom stereocenters. The highest BCUT2D eigenvalue weighted by atomic mass is 35.5. The lowest BCUT2D eigenvalue weighted by Crippen LogP contribution is -2.52. The maximum Gasteiger partial charge on any atom is 0.257 e. The lowest BCUT2D eigenvalue weighted by molar-refractivity contribution is -0.0458. The molecule has 2 saturated heterocycles. The van der Waals surface area contributed by atoms with Gasteiger partial charge < -0.3 is 47.9 Å². The minimum atomic E-state index is -0.224. The Morgan fingerprint density at radius 3 is 1.97 bits per heavy atom. The summed E-state index contributed by atoms with van der Waals surface area (Å²) in [5, 5.41) is 20.1. The first kappa shape index (κ1) is 46.0. The van der Waals surface area contributed by atoms with Crippen LogP contribution in [0.3, 0.4) is 0 Å². The molecule has 1 aliphatic carbocycles. The molecule has 1 N–H and O–H groups in total. The van der Waals surface area contributed by atoms with Crippen LogP contribution in [0.2, 0.25) is 5.02 Å². The first-order valence-corrected chi connectivity index (χ1v) is 22.1. The second kappa shape index (κ2) is 24.7. The summed E-state index contributed by atoms with van der Waals surface area (Å²) in [4.78, 5) is 12.1. The molecule has 3 atom stereocenters. The van der Waals surface area contributed by atoms with Crippen molar-refractivity contribution in [2.24, 2.45) is 0 Å². The van der Waals surface area contributed by atoms with E-state index in [2.05, 4.69) is 35.7 Å². The van der Waals surface area contributed by atoms with Gasteiger partial charge in [0, 0.05) is 43.2 Å². The Morgan fingerprint density at radius 2 is 1.35 bits per heavy atom. The third-order valence-corrected chi connectivity index (χ3v) is 11.5. The van der Waals surface area contributed by atoms with Gasteiger partial charge in [0.1, 0.15) is 30.5 Å². The smallest absolute Gasteiger partial charge is 0.257 e. The molecule has 2 bridgehead atoms. The van der Waals surface area contributed by atoms with E-state index in [1.165, 1.54) is 12.8 Å². The summed E-state index contributed by atoms with van der Waals surface area (Å²) >= 11 is 6.50. The Kier molecular flexibility index (Phi) is 18.3. The number of rotatable bonds is 28. The molecule has 19 nitrogen and oxygen atoms in total. The van der Waals surface area contributed by atoms with Gasteiger partial charge in [-0.2, -0.15) is 0 Å². The van der Waals surface area contributed by atoms with Gasteiger partial charge in [0.25, 0.3) is 5.88 Å². The van der Waals surface area contributed by atoms with E-state index < -0.39 is 0 Å². The Hall–Kier alpha value is -4.05. The fourth-order valence-corrected chi connectivity index (χ4v) is 8.33.